The van der Waals surface area contributed by atoms with Gasteiger partial charge in [0.15, 0.2) is 23.9 Å². The van der Waals surface area contributed by atoms with Crippen LogP contribution in [-0.4, -0.2) is 55.9 Å². The van der Waals surface area contributed by atoms with Crippen molar-refractivity contribution in [1.29, 1.82) is 0 Å². The second-order valence-corrected chi connectivity index (χ2v) is 6.89. The summed E-state index contributed by atoms with van der Waals surface area (Å²) >= 11 is 0. The van der Waals surface area contributed by atoms with Crippen molar-refractivity contribution in [3.05, 3.63) is 60.2 Å². The van der Waals surface area contributed by atoms with Gasteiger partial charge in [0.25, 0.3) is 5.91 Å². The molecule has 9 nitrogen and oxygen atoms in total. The highest BCUT2D eigenvalue weighted by Crippen LogP contribution is 2.28. The van der Waals surface area contributed by atoms with Gasteiger partial charge < -0.3 is 24.3 Å². The quantitative estimate of drug-likeness (QED) is 0.350. The van der Waals surface area contributed by atoms with Crippen LogP contribution in [0.15, 0.2) is 54.6 Å². The minimum atomic E-state index is -0.322. The zero-order chi connectivity index (χ0) is 23.6. The van der Waals surface area contributed by atoms with E-state index in [-0.39, 0.29) is 31.4 Å². The molecule has 0 unspecified atom stereocenters. The molecule has 1 aromatic heterocycles. The predicted octanol–water partition coefficient (Wildman–Crippen LogP) is 2.94. The van der Waals surface area contributed by atoms with Crippen molar-refractivity contribution >= 4 is 11.7 Å². The van der Waals surface area contributed by atoms with Gasteiger partial charge in [0.05, 0.1) is 26.5 Å². The molecule has 1 heterocycles. The molecule has 1 N–H and O–H groups in total. The van der Waals surface area contributed by atoms with Crippen LogP contribution in [0.2, 0.25) is 0 Å². The number of hydrogen-bond acceptors (Lipinski definition) is 8. The monoisotopic (exact) mass is 451 g/mol. The Bertz CT molecular complexity index is 1080. The van der Waals surface area contributed by atoms with Crippen molar-refractivity contribution in [2.75, 3.05) is 34.0 Å². The zero-order valence-corrected chi connectivity index (χ0v) is 18.7. The predicted molar refractivity (Wildman–Crippen MR) is 121 cm³/mol. The average Bonchev–Trinajstić information content (AvgIpc) is 2.85. The number of carbonyl (C=O) groups is 2. The molecule has 0 fully saturated rings. The highest BCUT2D eigenvalue weighted by Gasteiger charge is 2.10. The Morgan fingerprint density at radius 3 is 2.30 bits per heavy atom. The number of carbonyl (C=O) groups excluding carboxylic acids is 2. The van der Waals surface area contributed by atoms with Gasteiger partial charge in [-0.15, -0.1) is 10.2 Å². The van der Waals surface area contributed by atoms with E-state index in [1.54, 1.807) is 37.4 Å². The smallest absolute Gasteiger partial charge is 0.258 e. The summed E-state index contributed by atoms with van der Waals surface area (Å²) in [6.07, 6.45) is 0. The lowest BCUT2D eigenvalue weighted by atomic mass is 10.1. The van der Waals surface area contributed by atoms with E-state index in [9.17, 15) is 9.59 Å². The van der Waals surface area contributed by atoms with Gasteiger partial charge in [0.1, 0.15) is 12.4 Å². The van der Waals surface area contributed by atoms with Gasteiger partial charge >= 0.3 is 0 Å². The number of ketones is 1. The Morgan fingerprint density at radius 1 is 0.879 bits per heavy atom. The third-order valence-corrected chi connectivity index (χ3v) is 4.63. The number of benzene rings is 2. The lowest BCUT2D eigenvalue weighted by Gasteiger charge is -2.12. The molecule has 0 aliphatic rings. The topological polar surface area (TPSA) is 109 Å². The molecule has 0 aliphatic heterocycles. The number of rotatable bonds is 11. The van der Waals surface area contributed by atoms with Crippen LogP contribution in [0.1, 0.15) is 17.3 Å². The van der Waals surface area contributed by atoms with Crippen molar-refractivity contribution in [1.82, 2.24) is 15.5 Å². The zero-order valence-electron chi connectivity index (χ0n) is 18.7. The molecular formula is C24H25N3O6. The minimum Gasteiger partial charge on any atom is -0.497 e. The Hall–Kier alpha value is -4.14. The third kappa shape index (κ3) is 6.67. The molecule has 33 heavy (non-hydrogen) atoms. The number of nitrogens with one attached hydrogen (secondary N) is 1. The van der Waals surface area contributed by atoms with Gasteiger partial charge in [-0.1, -0.05) is 0 Å². The van der Waals surface area contributed by atoms with Gasteiger partial charge in [0, 0.05) is 17.2 Å². The van der Waals surface area contributed by atoms with Gasteiger partial charge in [-0.25, -0.2) is 0 Å². The molecule has 0 saturated carbocycles. The first-order valence-corrected chi connectivity index (χ1v) is 10.2. The summed E-state index contributed by atoms with van der Waals surface area (Å²) in [6.45, 7) is 1.75. The molecule has 1 amide bonds. The molecule has 0 radical (unpaired) electrons. The van der Waals surface area contributed by atoms with E-state index in [2.05, 4.69) is 15.5 Å². The standard InChI is InChI=1S/C24H25N3O6/c1-16(28)18-6-10-21(22(14-18)31-3)33-15-23(29)25-12-13-32-24-11-9-20(26-27-24)17-4-7-19(30-2)8-5-17/h4-11,14H,12-13,15H2,1-3H3,(H,25,29). The van der Waals surface area contributed by atoms with E-state index >= 15 is 0 Å². The largest absolute Gasteiger partial charge is 0.497 e. The lowest BCUT2D eigenvalue weighted by Crippen LogP contribution is -2.32. The van der Waals surface area contributed by atoms with Crippen LogP contribution < -0.4 is 24.3 Å². The molecule has 172 valence electrons. The van der Waals surface area contributed by atoms with Crippen LogP contribution in [0.25, 0.3) is 11.3 Å². The van der Waals surface area contributed by atoms with Crippen LogP contribution >= 0.6 is 0 Å². The summed E-state index contributed by atoms with van der Waals surface area (Å²) in [5, 5.41) is 10.9. The fourth-order valence-corrected chi connectivity index (χ4v) is 2.86. The fourth-order valence-electron chi connectivity index (χ4n) is 2.86. The van der Waals surface area contributed by atoms with Crippen LogP contribution in [0.3, 0.4) is 0 Å². The van der Waals surface area contributed by atoms with E-state index in [0.29, 0.717) is 28.6 Å². The summed E-state index contributed by atoms with van der Waals surface area (Å²) in [5.41, 5.74) is 2.12. The van der Waals surface area contributed by atoms with E-state index in [4.69, 9.17) is 18.9 Å². The summed E-state index contributed by atoms with van der Waals surface area (Å²) in [6, 6.07) is 15.8. The van der Waals surface area contributed by atoms with E-state index in [1.807, 2.05) is 24.3 Å². The Labute approximate surface area is 191 Å². The summed E-state index contributed by atoms with van der Waals surface area (Å²) in [4.78, 5) is 23.5. The average molecular weight is 451 g/mol. The van der Waals surface area contributed by atoms with Gasteiger partial charge in [-0.05, 0) is 55.5 Å². The second-order valence-electron chi connectivity index (χ2n) is 6.89. The van der Waals surface area contributed by atoms with Crippen molar-refractivity contribution in [3.8, 4) is 34.4 Å². The number of aromatic nitrogens is 2. The first-order chi connectivity index (χ1) is 16.0. The first kappa shape index (κ1) is 23.5. The number of Topliss-reactive ketones (excluding diaryl/α,β-unsaturated/α-hetero) is 1. The number of hydrogen-bond donors (Lipinski definition) is 1. The summed E-state index contributed by atoms with van der Waals surface area (Å²) in [5.74, 6) is 1.48. The number of methoxy groups -OCH3 is 2. The number of amides is 1. The van der Waals surface area contributed by atoms with Gasteiger partial charge in [-0.2, -0.15) is 0 Å². The van der Waals surface area contributed by atoms with E-state index < -0.39 is 0 Å². The molecule has 3 rings (SSSR count). The minimum absolute atomic E-state index is 0.0855. The molecule has 0 spiro atoms. The molecule has 3 aromatic rings. The van der Waals surface area contributed by atoms with E-state index in [1.165, 1.54) is 14.0 Å². The van der Waals surface area contributed by atoms with Gasteiger partial charge in [-0.3, -0.25) is 9.59 Å². The molecule has 2 aromatic carbocycles. The van der Waals surface area contributed by atoms with Crippen molar-refractivity contribution in [3.63, 3.8) is 0 Å². The maximum absolute atomic E-state index is 12.0. The number of ether oxygens (including phenoxy) is 4. The van der Waals surface area contributed by atoms with Crippen molar-refractivity contribution < 1.29 is 28.5 Å². The van der Waals surface area contributed by atoms with Crippen molar-refractivity contribution in [2.45, 2.75) is 6.92 Å². The van der Waals surface area contributed by atoms with Crippen molar-refractivity contribution in [2.24, 2.45) is 0 Å². The second kappa shape index (κ2) is 11.5. The summed E-state index contributed by atoms with van der Waals surface area (Å²) in [7, 11) is 3.08. The highest BCUT2D eigenvalue weighted by atomic mass is 16.5. The van der Waals surface area contributed by atoms with Crippen LogP contribution in [0.5, 0.6) is 23.1 Å². The third-order valence-electron chi connectivity index (χ3n) is 4.63. The summed E-state index contributed by atoms with van der Waals surface area (Å²) < 4.78 is 21.4. The van der Waals surface area contributed by atoms with Crippen LogP contribution in [-0.2, 0) is 4.79 Å². The molecule has 0 saturated heterocycles. The molecule has 0 bridgehead atoms. The fraction of sp³-hybridized carbons (Fsp3) is 0.250. The Kier molecular flexibility index (Phi) is 8.18. The highest BCUT2D eigenvalue weighted by molar-refractivity contribution is 5.94. The SMILES string of the molecule is COc1ccc(-c2ccc(OCCNC(=O)COc3ccc(C(C)=O)cc3OC)nn2)cc1. The Balaban J connectivity index is 1.41. The Morgan fingerprint density at radius 2 is 1.67 bits per heavy atom. The van der Waals surface area contributed by atoms with Crippen LogP contribution in [0, 0.1) is 0 Å². The van der Waals surface area contributed by atoms with Crippen LogP contribution in [0.4, 0.5) is 0 Å². The van der Waals surface area contributed by atoms with Gasteiger partial charge in [0.2, 0.25) is 5.88 Å². The first-order valence-electron chi connectivity index (χ1n) is 10.2. The molecule has 0 aliphatic carbocycles. The van der Waals surface area contributed by atoms with E-state index in [0.717, 1.165) is 11.3 Å². The molecule has 9 heteroatoms. The normalized spacial score (nSPS) is 10.3. The molecular weight excluding hydrogens is 426 g/mol. The maximum Gasteiger partial charge on any atom is 0.258 e. The maximum atomic E-state index is 12.0. The number of nitrogens with zero attached hydrogens (tertiary/aromatic N) is 2. The molecule has 0 atom stereocenters. The lowest BCUT2D eigenvalue weighted by molar-refractivity contribution is -0.123.